The van der Waals surface area contributed by atoms with Gasteiger partial charge >= 0.3 is 0 Å². The van der Waals surface area contributed by atoms with Crippen LogP contribution in [-0.4, -0.2) is 34.1 Å². The van der Waals surface area contributed by atoms with Gasteiger partial charge in [-0.3, -0.25) is 0 Å². The maximum atomic E-state index is 11.8. The molecule has 0 heterocycles. The van der Waals surface area contributed by atoms with Gasteiger partial charge in [0.2, 0.25) is 10.0 Å². The van der Waals surface area contributed by atoms with Crippen molar-refractivity contribution >= 4 is 33.2 Å². The van der Waals surface area contributed by atoms with Crippen LogP contribution in [-0.2, 0) is 14.8 Å². The smallest absolute Gasteiger partial charge is 0.240 e. The Morgan fingerprint density at radius 1 is 1.29 bits per heavy atom. The fraction of sp³-hybridized carbons (Fsp3) is 0.400. The van der Waals surface area contributed by atoms with Crippen LogP contribution in [0.2, 0.25) is 5.02 Å². The first-order valence-electron chi connectivity index (χ1n) is 4.95. The summed E-state index contributed by atoms with van der Waals surface area (Å²) in [5, 5.41) is 0.381. The molecule has 0 atom stereocenters. The van der Waals surface area contributed by atoms with E-state index in [0.717, 1.165) is 0 Å². The summed E-state index contributed by atoms with van der Waals surface area (Å²) in [4.78, 5) is 0.141. The Hall–Kier alpha value is -0.330. The Balaban J connectivity index is 2.51. The summed E-state index contributed by atoms with van der Waals surface area (Å²) >= 11 is 11.1. The van der Waals surface area contributed by atoms with Crippen molar-refractivity contribution in [2.75, 3.05) is 25.6 Å². The molecule has 7 heteroatoms. The zero-order valence-corrected chi connectivity index (χ0v) is 11.4. The summed E-state index contributed by atoms with van der Waals surface area (Å²) in [6.07, 6.45) is 0. The van der Waals surface area contributed by atoms with Gasteiger partial charge in [0.05, 0.1) is 18.1 Å². The lowest BCUT2D eigenvalue weighted by Crippen LogP contribution is -2.27. The minimum atomic E-state index is -3.52. The average Bonchev–Trinajstić information content (AvgIpc) is 2.29. The maximum absolute atomic E-state index is 11.8. The standard InChI is InChI=1S/C10H13Cl2NO3S/c11-4-6-16-7-5-13-17(14,15)10-3-1-2-9(12)8-10/h1-3,8,13H,4-7H2. The topological polar surface area (TPSA) is 55.4 Å². The number of sulfonamides is 1. The fourth-order valence-electron chi connectivity index (χ4n) is 1.12. The Bertz CT molecular complexity index is 451. The van der Waals surface area contributed by atoms with E-state index in [1.807, 2.05) is 0 Å². The molecule has 0 bridgehead atoms. The molecule has 1 aromatic carbocycles. The van der Waals surface area contributed by atoms with Crippen LogP contribution >= 0.6 is 23.2 Å². The Morgan fingerprint density at radius 3 is 2.71 bits per heavy atom. The zero-order valence-electron chi connectivity index (χ0n) is 9.03. The van der Waals surface area contributed by atoms with Crippen LogP contribution in [0.3, 0.4) is 0 Å². The molecule has 0 spiro atoms. The first-order chi connectivity index (χ1) is 8.06. The van der Waals surface area contributed by atoms with E-state index in [2.05, 4.69) is 4.72 Å². The van der Waals surface area contributed by atoms with Crippen LogP contribution in [0.25, 0.3) is 0 Å². The fourth-order valence-corrected chi connectivity index (χ4v) is 2.54. The second kappa shape index (κ2) is 7.18. The molecule has 0 radical (unpaired) electrons. The first-order valence-corrected chi connectivity index (χ1v) is 7.35. The highest BCUT2D eigenvalue weighted by molar-refractivity contribution is 7.89. The number of benzene rings is 1. The van der Waals surface area contributed by atoms with Crippen molar-refractivity contribution in [1.29, 1.82) is 0 Å². The monoisotopic (exact) mass is 297 g/mol. The first kappa shape index (κ1) is 14.7. The molecule has 4 nitrogen and oxygen atoms in total. The van der Waals surface area contributed by atoms with Gasteiger partial charge < -0.3 is 4.74 Å². The van der Waals surface area contributed by atoms with Gasteiger partial charge in [-0.25, -0.2) is 13.1 Å². The number of alkyl halides is 1. The molecule has 1 aromatic rings. The number of ether oxygens (including phenoxy) is 1. The van der Waals surface area contributed by atoms with Crippen LogP contribution in [0.5, 0.6) is 0 Å². The van der Waals surface area contributed by atoms with Crippen molar-refractivity contribution in [3.63, 3.8) is 0 Å². The second-order valence-electron chi connectivity index (χ2n) is 3.16. The van der Waals surface area contributed by atoms with E-state index in [0.29, 0.717) is 17.5 Å². The third-order valence-electron chi connectivity index (χ3n) is 1.87. The van der Waals surface area contributed by atoms with Crippen molar-refractivity contribution in [2.24, 2.45) is 0 Å². The normalized spacial score (nSPS) is 11.6. The van der Waals surface area contributed by atoms with Crippen LogP contribution in [0.4, 0.5) is 0 Å². The van der Waals surface area contributed by atoms with Crippen molar-refractivity contribution in [1.82, 2.24) is 4.72 Å². The van der Waals surface area contributed by atoms with Crippen molar-refractivity contribution in [2.45, 2.75) is 4.90 Å². The molecule has 0 aromatic heterocycles. The maximum Gasteiger partial charge on any atom is 0.240 e. The number of hydrogen-bond acceptors (Lipinski definition) is 3. The lowest BCUT2D eigenvalue weighted by molar-refractivity contribution is 0.155. The highest BCUT2D eigenvalue weighted by Crippen LogP contribution is 2.14. The van der Waals surface area contributed by atoms with Gasteiger partial charge in [-0.2, -0.15) is 0 Å². The molecule has 96 valence electrons. The summed E-state index contributed by atoms with van der Waals surface area (Å²) in [7, 11) is -3.52. The molecule has 0 fully saturated rings. The van der Waals surface area contributed by atoms with Gasteiger partial charge in [0, 0.05) is 17.4 Å². The van der Waals surface area contributed by atoms with Crippen LogP contribution in [0.15, 0.2) is 29.2 Å². The molecule has 0 saturated heterocycles. The molecule has 0 amide bonds. The number of rotatable bonds is 7. The van der Waals surface area contributed by atoms with Crippen molar-refractivity contribution < 1.29 is 13.2 Å². The number of halogens is 2. The number of hydrogen-bond donors (Lipinski definition) is 1. The molecule has 0 aliphatic carbocycles. The van der Waals surface area contributed by atoms with Gasteiger partial charge in [0.1, 0.15) is 0 Å². The molecular formula is C10H13Cl2NO3S. The SMILES string of the molecule is O=S(=O)(NCCOCCCl)c1cccc(Cl)c1. The Morgan fingerprint density at radius 2 is 2.06 bits per heavy atom. The largest absolute Gasteiger partial charge is 0.379 e. The van der Waals surface area contributed by atoms with Gasteiger partial charge in [0.25, 0.3) is 0 Å². The third-order valence-corrected chi connectivity index (χ3v) is 3.71. The summed E-state index contributed by atoms with van der Waals surface area (Å²) in [6, 6.07) is 6.07. The minimum Gasteiger partial charge on any atom is -0.379 e. The van der Waals surface area contributed by atoms with E-state index in [4.69, 9.17) is 27.9 Å². The Kier molecular flexibility index (Phi) is 6.22. The molecule has 0 aliphatic rings. The number of nitrogens with one attached hydrogen (secondary N) is 1. The van der Waals surface area contributed by atoms with Gasteiger partial charge in [0.15, 0.2) is 0 Å². The minimum absolute atomic E-state index is 0.141. The summed E-state index contributed by atoms with van der Waals surface area (Å²) in [5.74, 6) is 0.390. The molecule has 0 aliphatic heterocycles. The molecule has 1 rings (SSSR count). The predicted octanol–water partition coefficient (Wildman–Crippen LogP) is 1.87. The summed E-state index contributed by atoms with van der Waals surface area (Å²) < 4.78 is 31.0. The molecule has 0 saturated carbocycles. The van der Waals surface area contributed by atoms with Gasteiger partial charge in [-0.1, -0.05) is 17.7 Å². The van der Waals surface area contributed by atoms with E-state index in [-0.39, 0.29) is 18.0 Å². The van der Waals surface area contributed by atoms with E-state index in [9.17, 15) is 8.42 Å². The van der Waals surface area contributed by atoms with Crippen LogP contribution in [0.1, 0.15) is 0 Å². The molecular weight excluding hydrogens is 285 g/mol. The summed E-state index contributed by atoms with van der Waals surface area (Å²) in [5.41, 5.74) is 0. The zero-order chi connectivity index (χ0) is 12.7. The van der Waals surface area contributed by atoms with Gasteiger partial charge in [-0.15, -0.1) is 11.6 Å². The molecule has 17 heavy (non-hydrogen) atoms. The lowest BCUT2D eigenvalue weighted by atomic mass is 10.4. The Labute approximate surface area is 111 Å². The van der Waals surface area contributed by atoms with E-state index in [1.54, 1.807) is 12.1 Å². The predicted molar refractivity (Wildman–Crippen MR) is 68.2 cm³/mol. The highest BCUT2D eigenvalue weighted by atomic mass is 35.5. The van der Waals surface area contributed by atoms with Crippen LogP contribution < -0.4 is 4.72 Å². The van der Waals surface area contributed by atoms with Gasteiger partial charge in [-0.05, 0) is 18.2 Å². The third kappa shape index (κ3) is 5.23. The second-order valence-corrected chi connectivity index (χ2v) is 5.74. The van der Waals surface area contributed by atoms with E-state index >= 15 is 0 Å². The highest BCUT2D eigenvalue weighted by Gasteiger charge is 2.13. The quantitative estimate of drug-likeness (QED) is 0.617. The van der Waals surface area contributed by atoms with Crippen molar-refractivity contribution in [3.8, 4) is 0 Å². The lowest BCUT2D eigenvalue weighted by Gasteiger charge is -2.07. The van der Waals surface area contributed by atoms with E-state index in [1.165, 1.54) is 12.1 Å². The van der Waals surface area contributed by atoms with Crippen LogP contribution in [0, 0.1) is 0 Å². The van der Waals surface area contributed by atoms with Crippen molar-refractivity contribution in [3.05, 3.63) is 29.3 Å². The van der Waals surface area contributed by atoms with E-state index < -0.39 is 10.0 Å². The molecule has 0 unspecified atom stereocenters. The summed E-state index contributed by atoms with van der Waals surface area (Å²) in [6.45, 7) is 0.888. The molecule has 1 N–H and O–H groups in total. The average molecular weight is 298 g/mol.